The summed E-state index contributed by atoms with van der Waals surface area (Å²) in [6.07, 6.45) is 0. The smallest absolute Gasteiger partial charge is 0.355 e. The predicted molar refractivity (Wildman–Crippen MR) is 132 cm³/mol. The van der Waals surface area contributed by atoms with Gasteiger partial charge in [-0.2, -0.15) is 0 Å². The Morgan fingerprint density at radius 3 is 2.56 bits per heavy atom. The van der Waals surface area contributed by atoms with E-state index in [2.05, 4.69) is 29.9 Å². The van der Waals surface area contributed by atoms with Gasteiger partial charge in [0.25, 0.3) is 5.91 Å². The Labute approximate surface area is 208 Å². The van der Waals surface area contributed by atoms with E-state index in [1.807, 2.05) is 0 Å². The molecule has 3 aromatic carbocycles. The van der Waals surface area contributed by atoms with Crippen molar-refractivity contribution in [2.24, 2.45) is 0 Å². The van der Waals surface area contributed by atoms with Crippen molar-refractivity contribution in [3.8, 4) is 11.4 Å². The van der Waals surface area contributed by atoms with Crippen molar-refractivity contribution in [3.05, 3.63) is 93.6 Å². The zero-order chi connectivity index (χ0) is 25.3. The fourth-order valence-electron chi connectivity index (χ4n) is 3.52. The monoisotopic (exact) mass is 525 g/mol. The average Bonchev–Trinajstić information content (AvgIpc) is 3.46. The number of nitrogens with one attached hydrogen (secondary N) is 3. The molecule has 0 aliphatic rings. The Morgan fingerprint density at radius 1 is 1.00 bits per heavy atom. The van der Waals surface area contributed by atoms with Gasteiger partial charge >= 0.3 is 5.76 Å². The molecule has 0 fully saturated rings. The van der Waals surface area contributed by atoms with Gasteiger partial charge in [-0.05, 0) is 35.9 Å². The number of carbonyl (C=O) groups is 1. The summed E-state index contributed by atoms with van der Waals surface area (Å²) >= 11 is 6.05. The highest BCUT2D eigenvalue weighted by Gasteiger charge is 2.20. The maximum absolute atomic E-state index is 13.0. The molecule has 0 aliphatic carbocycles. The topological polar surface area (TPSA) is 160 Å². The molecule has 0 bridgehead atoms. The number of nitrogens with zero attached hydrogens (tertiary/aromatic N) is 2. The van der Waals surface area contributed by atoms with Crippen molar-refractivity contribution in [1.82, 2.24) is 15.3 Å². The fourth-order valence-corrected chi connectivity index (χ4v) is 4.88. The molecule has 13 heteroatoms. The van der Waals surface area contributed by atoms with E-state index >= 15 is 0 Å². The number of hydrogen-bond acceptors (Lipinski definition) is 8. The van der Waals surface area contributed by atoms with Gasteiger partial charge in [-0.15, -0.1) is 0 Å². The summed E-state index contributed by atoms with van der Waals surface area (Å²) in [6.45, 7) is 0. The second kappa shape index (κ2) is 9.32. The van der Waals surface area contributed by atoms with Crippen LogP contribution in [0.5, 0.6) is 0 Å². The zero-order valence-corrected chi connectivity index (χ0v) is 19.8. The van der Waals surface area contributed by atoms with Crippen LogP contribution in [0.2, 0.25) is 5.02 Å². The van der Waals surface area contributed by atoms with Crippen molar-refractivity contribution < 1.29 is 22.3 Å². The van der Waals surface area contributed by atoms with Crippen LogP contribution in [0.3, 0.4) is 0 Å². The predicted octanol–water partition coefficient (Wildman–Crippen LogP) is 4.02. The van der Waals surface area contributed by atoms with Gasteiger partial charge in [0.2, 0.25) is 10.0 Å². The molecule has 182 valence electrons. The standard InChI is InChI=1S/C23H16ClN5O6S/c24-14-6-9-18(17(10-14)21-26-23(31)35-28-21)25-22(30)20-16-8-7-15(11-19(16)34-27-20)29-36(32,33)12-13-4-2-1-3-5-13/h1-11,29H,12H2,(H,25,30)(H,26,28,31). The molecule has 0 unspecified atom stereocenters. The summed E-state index contributed by atoms with van der Waals surface area (Å²) in [5.41, 5.74) is 1.69. The van der Waals surface area contributed by atoms with E-state index in [-0.39, 0.29) is 34.2 Å². The van der Waals surface area contributed by atoms with Gasteiger partial charge in [0.05, 0.1) is 22.5 Å². The normalized spacial score (nSPS) is 11.5. The third kappa shape index (κ3) is 4.99. The minimum atomic E-state index is -3.68. The van der Waals surface area contributed by atoms with Gasteiger partial charge in [-0.25, -0.2) is 13.2 Å². The molecule has 0 atom stereocenters. The molecular weight excluding hydrogens is 510 g/mol. The Kier molecular flexibility index (Phi) is 6.04. The number of carbonyl (C=O) groups excluding carboxylic acids is 1. The van der Waals surface area contributed by atoms with E-state index in [0.717, 1.165) is 0 Å². The molecule has 2 aromatic heterocycles. The summed E-state index contributed by atoms with van der Waals surface area (Å²) in [5.74, 6) is -1.49. The van der Waals surface area contributed by atoms with Crippen molar-refractivity contribution in [2.45, 2.75) is 5.75 Å². The number of sulfonamides is 1. The third-order valence-electron chi connectivity index (χ3n) is 5.09. The minimum absolute atomic E-state index is 0.0294. The first-order valence-corrected chi connectivity index (χ1v) is 12.4. The SMILES string of the molecule is O=C(Nc1ccc(Cl)cc1-c1noc(=O)[nH]1)c1noc2cc(NS(=O)(=O)Cc3ccccc3)ccc12. The fraction of sp³-hybridized carbons (Fsp3) is 0.0435. The van der Waals surface area contributed by atoms with Crippen LogP contribution in [0, 0.1) is 0 Å². The highest BCUT2D eigenvalue weighted by Crippen LogP contribution is 2.30. The Morgan fingerprint density at radius 2 is 1.81 bits per heavy atom. The quantitative estimate of drug-likeness (QED) is 0.287. The van der Waals surface area contributed by atoms with Crippen molar-refractivity contribution in [1.29, 1.82) is 0 Å². The molecule has 0 saturated heterocycles. The number of fused-ring (bicyclic) bond motifs is 1. The van der Waals surface area contributed by atoms with Crippen LogP contribution in [0.4, 0.5) is 11.4 Å². The molecule has 0 radical (unpaired) electrons. The first-order valence-electron chi connectivity index (χ1n) is 10.4. The molecule has 0 saturated carbocycles. The first-order chi connectivity index (χ1) is 17.3. The Hall–Kier alpha value is -4.42. The number of H-pyrrole nitrogens is 1. The van der Waals surface area contributed by atoms with Gasteiger partial charge in [0.15, 0.2) is 17.1 Å². The molecule has 5 rings (SSSR count). The molecule has 0 spiro atoms. The molecular formula is C23H16ClN5O6S. The van der Waals surface area contributed by atoms with E-state index < -0.39 is 21.7 Å². The van der Waals surface area contributed by atoms with Gasteiger partial charge in [0.1, 0.15) is 0 Å². The number of hydrogen-bond donors (Lipinski definition) is 3. The Balaban J connectivity index is 1.38. The summed E-state index contributed by atoms with van der Waals surface area (Å²) in [6, 6.07) is 17.8. The molecule has 0 aliphatic heterocycles. The number of benzene rings is 3. The van der Waals surface area contributed by atoms with Crippen LogP contribution >= 0.6 is 11.6 Å². The van der Waals surface area contributed by atoms with Crippen LogP contribution in [0.15, 0.2) is 80.6 Å². The van der Waals surface area contributed by atoms with E-state index in [9.17, 15) is 18.0 Å². The Bertz CT molecular complexity index is 1740. The van der Waals surface area contributed by atoms with Crippen LogP contribution in [0.25, 0.3) is 22.4 Å². The van der Waals surface area contributed by atoms with Crippen LogP contribution < -0.4 is 15.8 Å². The molecule has 36 heavy (non-hydrogen) atoms. The summed E-state index contributed by atoms with van der Waals surface area (Å²) < 4.78 is 37.4. The molecule has 3 N–H and O–H groups in total. The van der Waals surface area contributed by atoms with E-state index in [1.54, 1.807) is 36.4 Å². The van der Waals surface area contributed by atoms with Crippen LogP contribution in [-0.4, -0.2) is 29.6 Å². The average molecular weight is 526 g/mol. The molecule has 5 aromatic rings. The highest BCUT2D eigenvalue weighted by molar-refractivity contribution is 7.91. The van der Waals surface area contributed by atoms with Gasteiger partial charge in [0, 0.05) is 16.7 Å². The summed E-state index contributed by atoms with van der Waals surface area (Å²) in [7, 11) is -3.68. The number of aromatic nitrogens is 3. The lowest BCUT2D eigenvalue weighted by Gasteiger charge is -2.09. The van der Waals surface area contributed by atoms with Crippen LogP contribution in [0.1, 0.15) is 16.1 Å². The van der Waals surface area contributed by atoms with Crippen molar-refractivity contribution in [3.63, 3.8) is 0 Å². The lowest BCUT2D eigenvalue weighted by atomic mass is 10.1. The zero-order valence-electron chi connectivity index (χ0n) is 18.2. The minimum Gasteiger partial charge on any atom is -0.355 e. The van der Waals surface area contributed by atoms with E-state index in [4.69, 9.17) is 16.1 Å². The summed E-state index contributed by atoms with van der Waals surface area (Å²) in [5, 5.41) is 10.9. The van der Waals surface area contributed by atoms with Gasteiger partial charge in [-0.1, -0.05) is 52.2 Å². The van der Waals surface area contributed by atoms with Crippen molar-refractivity contribution >= 4 is 49.9 Å². The molecule has 2 heterocycles. The first kappa shape index (κ1) is 23.3. The van der Waals surface area contributed by atoms with E-state index in [0.29, 0.717) is 21.5 Å². The van der Waals surface area contributed by atoms with Crippen LogP contribution in [-0.2, 0) is 15.8 Å². The maximum Gasteiger partial charge on any atom is 0.439 e. The number of amides is 1. The number of halogens is 1. The number of aromatic amines is 1. The summed E-state index contributed by atoms with van der Waals surface area (Å²) in [4.78, 5) is 26.7. The molecule has 1 amide bonds. The third-order valence-corrected chi connectivity index (χ3v) is 6.58. The second-order valence-electron chi connectivity index (χ2n) is 7.68. The molecule has 11 nitrogen and oxygen atoms in total. The number of rotatable bonds is 7. The maximum atomic E-state index is 13.0. The number of anilines is 2. The second-order valence-corrected chi connectivity index (χ2v) is 9.84. The van der Waals surface area contributed by atoms with E-state index in [1.165, 1.54) is 30.3 Å². The van der Waals surface area contributed by atoms with Gasteiger partial charge < -0.3 is 9.84 Å². The van der Waals surface area contributed by atoms with Gasteiger partial charge in [-0.3, -0.25) is 19.0 Å². The lowest BCUT2D eigenvalue weighted by molar-refractivity contribution is 0.102. The van der Waals surface area contributed by atoms with Crippen molar-refractivity contribution in [2.75, 3.05) is 10.0 Å². The largest absolute Gasteiger partial charge is 0.439 e. The highest BCUT2D eigenvalue weighted by atomic mass is 35.5. The lowest BCUT2D eigenvalue weighted by Crippen LogP contribution is -2.15.